The number of rotatable bonds is 6. The number of nitrogens with zero attached hydrogens (tertiary/aromatic N) is 2. The number of hydrazine groups is 1. The normalized spacial score (nSPS) is 12.4. The van der Waals surface area contributed by atoms with E-state index in [1.165, 1.54) is 0 Å². The van der Waals surface area contributed by atoms with Gasteiger partial charge in [-0.1, -0.05) is 17.7 Å². The summed E-state index contributed by atoms with van der Waals surface area (Å²) in [5.74, 6) is 6.32. The van der Waals surface area contributed by atoms with Crippen LogP contribution in [-0.4, -0.2) is 22.4 Å². The molecule has 108 valence electrons. The highest BCUT2D eigenvalue weighted by molar-refractivity contribution is 6.30. The van der Waals surface area contributed by atoms with Crippen molar-refractivity contribution in [3.05, 3.63) is 46.7 Å². The zero-order chi connectivity index (χ0) is 14.5. The van der Waals surface area contributed by atoms with Crippen molar-refractivity contribution < 1.29 is 4.74 Å². The van der Waals surface area contributed by atoms with Gasteiger partial charge in [0.1, 0.15) is 12.4 Å². The summed E-state index contributed by atoms with van der Waals surface area (Å²) >= 11 is 5.92. The summed E-state index contributed by atoms with van der Waals surface area (Å²) in [6, 6.07) is 9.36. The molecule has 0 aliphatic carbocycles. The number of nitrogens with one attached hydrogen (secondary N) is 1. The van der Waals surface area contributed by atoms with Gasteiger partial charge < -0.3 is 4.74 Å². The SMILES string of the molecule is Cc1cc(CC(COc2cccc(Cl)c2)NN)n(C)n1. The van der Waals surface area contributed by atoms with Crippen molar-refractivity contribution in [3.63, 3.8) is 0 Å². The molecule has 1 unspecified atom stereocenters. The molecule has 0 saturated carbocycles. The second-order valence-corrected chi connectivity index (χ2v) is 5.17. The molecule has 0 radical (unpaired) electrons. The topological polar surface area (TPSA) is 65.1 Å². The molecule has 1 aromatic heterocycles. The Morgan fingerprint density at radius 1 is 1.45 bits per heavy atom. The Morgan fingerprint density at radius 2 is 2.25 bits per heavy atom. The van der Waals surface area contributed by atoms with E-state index in [4.69, 9.17) is 22.2 Å². The Kier molecular flexibility index (Phi) is 5.00. The number of aromatic nitrogens is 2. The first-order valence-corrected chi connectivity index (χ1v) is 6.80. The summed E-state index contributed by atoms with van der Waals surface area (Å²) in [5, 5.41) is 4.97. The van der Waals surface area contributed by atoms with Crippen molar-refractivity contribution >= 4 is 11.6 Å². The van der Waals surface area contributed by atoms with E-state index in [-0.39, 0.29) is 6.04 Å². The average Bonchev–Trinajstić information content (AvgIpc) is 2.72. The zero-order valence-electron chi connectivity index (χ0n) is 11.6. The van der Waals surface area contributed by atoms with Crippen LogP contribution in [0.1, 0.15) is 11.4 Å². The van der Waals surface area contributed by atoms with Crippen molar-refractivity contribution in [3.8, 4) is 5.75 Å². The van der Waals surface area contributed by atoms with E-state index in [0.717, 1.165) is 23.6 Å². The van der Waals surface area contributed by atoms with E-state index in [9.17, 15) is 0 Å². The summed E-state index contributed by atoms with van der Waals surface area (Å²) in [6.07, 6.45) is 0.744. The number of ether oxygens (including phenoxy) is 1. The largest absolute Gasteiger partial charge is 0.492 e. The fourth-order valence-corrected chi connectivity index (χ4v) is 2.21. The van der Waals surface area contributed by atoms with Gasteiger partial charge in [0.25, 0.3) is 0 Å². The van der Waals surface area contributed by atoms with Crippen LogP contribution in [0.25, 0.3) is 0 Å². The van der Waals surface area contributed by atoms with Crippen molar-refractivity contribution in [2.24, 2.45) is 12.9 Å². The summed E-state index contributed by atoms with van der Waals surface area (Å²) in [4.78, 5) is 0. The predicted molar refractivity (Wildman–Crippen MR) is 79.7 cm³/mol. The van der Waals surface area contributed by atoms with Gasteiger partial charge in [-0.05, 0) is 31.2 Å². The van der Waals surface area contributed by atoms with Gasteiger partial charge in [-0.3, -0.25) is 16.0 Å². The molecule has 3 N–H and O–H groups in total. The van der Waals surface area contributed by atoms with Crippen LogP contribution in [0.5, 0.6) is 5.75 Å². The first-order valence-electron chi connectivity index (χ1n) is 6.42. The number of hydrogen-bond acceptors (Lipinski definition) is 4. The molecule has 2 aromatic rings. The summed E-state index contributed by atoms with van der Waals surface area (Å²) in [5.41, 5.74) is 4.88. The van der Waals surface area contributed by atoms with E-state index in [0.29, 0.717) is 11.6 Å². The third kappa shape index (κ3) is 3.96. The molecule has 1 atom stereocenters. The van der Waals surface area contributed by atoms with Crippen LogP contribution in [0.15, 0.2) is 30.3 Å². The fourth-order valence-electron chi connectivity index (χ4n) is 2.03. The van der Waals surface area contributed by atoms with Crippen molar-refractivity contribution in [1.29, 1.82) is 0 Å². The average molecular weight is 295 g/mol. The van der Waals surface area contributed by atoms with Gasteiger partial charge >= 0.3 is 0 Å². The first kappa shape index (κ1) is 14.8. The lowest BCUT2D eigenvalue weighted by Crippen LogP contribution is -2.41. The maximum atomic E-state index is 5.92. The molecule has 0 bridgehead atoms. The molecule has 20 heavy (non-hydrogen) atoms. The van der Waals surface area contributed by atoms with Gasteiger partial charge in [-0.15, -0.1) is 0 Å². The lowest BCUT2D eigenvalue weighted by Gasteiger charge is -2.17. The van der Waals surface area contributed by atoms with Crippen LogP contribution in [0.3, 0.4) is 0 Å². The van der Waals surface area contributed by atoms with Crippen LogP contribution in [0.2, 0.25) is 5.02 Å². The predicted octanol–water partition coefficient (Wildman–Crippen LogP) is 1.84. The number of aryl methyl sites for hydroxylation is 2. The number of halogens is 1. The van der Waals surface area contributed by atoms with Gasteiger partial charge in [-0.2, -0.15) is 5.10 Å². The molecule has 1 heterocycles. The molecule has 2 rings (SSSR count). The Labute approximate surface area is 123 Å². The summed E-state index contributed by atoms with van der Waals surface area (Å²) < 4.78 is 7.56. The standard InChI is InChI=1S/C14H19ClN4O/c1-10-6-13(19(2)18-10)8-12(17-16)9-20-14-5-3-4-11(15)7-14/h3-7,12,17H,8-9,16H2,1-2H3. The minimum atomic E-state index is 0.00350. The minimum absolute atomic E-state index is 0.00350. The van der Waals surface area contributed by atoms with Gasteiger partial charge in [-0.25, -0.2) is 0 Å². The van der Waals surface area contributed by atoms with Crippen LogP contribution in [0, 0.1) is 6.92 Å². The number of hydrogen-bond donors (Lipinski definition) is 2. The molecular weight excluding hydrogens is 276 g/mol. The molecule has 5 nitrogen and oxygen atoms in total. The first-order chi connectivity index (χ1) is 9.58. The molecule has 0 fully saturated rings. The molecule has 6 heteroatoms. The minimum Gasteiger partial charge on any atom is -0.492 e. The smallest absolute Gasteiger partial charge is 0.120 e. The molecule has 0 spiro atoms. The Bertz CT molecular complexity index is 570. The number of nitrogens with two attached hydrogens (primary N) is 1. The number of benzene rings is 1. The maximum Gasteiger partial charge on any atom is 0.120 e. The molecular formula is C14H19ClN4O. The highest BCUT2D eigenvalue weighted by Gasteiger charge is 2.12. The molecule has 0 aliphatic heterocycles. The Balaban J connectivity index is 1.94. The lowest BCUT2D eigenvalue weighted by atomic mass is 10.1. The zero-order valence-corrected chi connectivity index (χ0v) is 12.4. The summed E-state index contributed by atoms with van der Waals surface area (Å²) in [7, 11) is 1.92. The van der Waals surface area contributed by atoms with E-state index >= 15 is 0 Å². The van der Waals surface area contributed by atoms with Crippen molar-refractivity contribution in [2.75, 3.05) is 6.61 Å². The Morgan fingerprint density at radius 3 is 2.85 bits per heavy atom. The van der Waals surface area contributed by atoms with Gasteiger partial charge in [0, 0.05) is 24.2 Å². The highest BCUT2D eigenvalue weighted by Crippen LogP contribution is 2.17. The van der Waals surface area contributed by atoms with Crippen LogP contribution in [0.4, 0.5) is 0 Å². The molecule has 0 amide bonds. The van der Waals surface area contributed by atoms with Gasteiger partial charge in [0.2, 0.25) is 0 Å². The van der Waals surface area contributed by atoms with Crippen LogP contribution < -0.4 is 16.0 Å². The van der Waals surface area contributed by atoms with Gasteiger partial charge in [0.05, 0.1) is 11.7 Å². The van der Waals surface area contributed by atoms with E-state index in [1.807, 2.05) is 42.9 Å². The van der Waals surface area contributed by atoms with E-state index in [2.05, 4.69) is 10.5 Å². The highest BCUT2D eigenvalue weighted by atomic mass is 35.5. The van der Waals surface area contributed by atoms with Crippen molar-refractivity contribution in [2.45, 2.75) is 19.4 Å². The lowest BCUT2D eigenvalue weighted by molar-refractivity contribution is 0.262. The van der Waals surface area contributed by atoms with E-state index in [1.54, 1.807) is 6.07 Å². The van der Waals surface area contributed by atoms with Crippen LogP contribution in [-0.2, 0) is 13.5 Å². The fraction of sp³-hybridized carbons (Fsp3) is 0.357. The molecule has 0 saturated heterocycles. The van der Waals surface area contributed by atoms with Crippen LogP contribution >= 0.6 is 11.6 Å². The second kappa shape index (κ2) is 6.74. The molecule has 1 aromatic carbocycles. The van der Waals surface area contributed by atoms with Gasteiger partial charge in [0.15, 0.2) is 0 Å². The third-order valence-corrected chi connectivity index (χ3v) is 3.27. The second-order valence-electron chi connectivity index (χ2n) is 4.74. The van der Waals surface area contributed by atoms with Crippen molar-refractivity contribution in [1.82, 2.24) is 15.2 Å². The monoisotopic (exact) mass is 294 g/mol. The van der Waals surface area contributed by atoms with E-state index < -0.39 is 0 Å². The Hall–Kier alpha value is -1.56. The third-order valence-electron chi connectivity index (χ3n) is 3.04. The maximum absolute atomic E-state index is 5.92. The quantitative estimate of drug-likeness (QED) is 0.630. The summed E-state index contributed by atoms with van der Waals surface area (Å²) in [6.45, 7) is 2.43. The molecule has 0 aliphatic rings.